The number of sulfonamides is 2. The maximum Gasteiger partial charge on any atom is 0.319 e. The SMILES string of the molecule is CCC(=O)NS(=O)(=O)c1cccc(Nc2c(S(=O)(=O)NC3CC3)cnc3cc(-c4cnc(OC)nc4OC)ccc23)c1. The van der Waals surface area contributed by atoms with Gasteiger partial charge in [0.05, 0.1) is 35.9 Å². The van der Waals surface area contributed by atoms with Crippen molar-refractivity contribution in [2.45, 2.75) is 42.0 Å². The summed E-state index contributed by atoms with van der Waals surface area (Å²) in [6.45, 7) is 1.54. The van der Waals surface area contributed by atoms with Crippen molar-refractivity contribution in [2.75, 3.05) is 19.5 Å². The van der Waals surface area contributed by atoms with Gasteiger partial charge in [0.2, 0.25) is 21.8 Å². The molecule has 0 unspecified atom stereocenters. The van der Waals surface area contributed by atoms with E-state index in [1.54, 1.807) is 30.5 Å². The number of nitrogens with one attached hydrogen (secondary N) is 3. The average Bonchev–Trinajstić information content (AvgIpc) is 3.79. The van der Waals surface area contributed by atoms with Crippen molar-refractivity contribution in [1.29, 1.82) is 0 Å². The molecule has 0 saturated heterocycles. The molecule has 3 N–H and O–H groups in total. The Morgan fingerprint density at radius 2 is 1.76 bits per heavy atom. The molecule has 2 aromatic carbocycles. The first kappa shape index (κ1) is 29.2. The highest BCUT2D eigenvalue weighted by molar-refractivity contribution is 7.90. The Morgan fingerprint density at radius 1 is 0.976 bits per heavy atom. The summed E-state index contributed by atoms with van der Waals surface area (Å²) in [4.78, 5) is 24.3. The molecule has 0 spiro atoms. The lowest BCUT2D eigenvalue weighted by atomic mass is 10.0. The first-order valence-corrected chi connectivity index (χ1v) is 15.8. The van der Waals surface area contributed by atoms with E-state index >= 15 is 0 Å². The quantitative estimate of drug-likeness (QED) is 0.227. The maximum atomic E-state index is 13.4. The molecule has 1 saturated carbocycles. The number of carbonyl (C=O) groups is 1. The number of hydrogen-bond acceptors (Lipinski definition) is 11. The van der Waals surface area contributed by atoms with Crippen LogP contribution in [-0.2, 0) is 24.8 Å². The number of hydrogen-bond donors (Lipinski definition) is 3. The highest BCUT2D eigenvalue weighted by atomic mass is 32.2. The van der Waals surface area contributed by atoms with Crippen LogP contribution in [0.4, 0.5) is 11.4 Å². The Labute approximate surface area is 242 Å². The summed E-state index contributed by atoms with van der Waals surface area (Å²) in [5, 5.41) is 3.55. The molecule has 5 rings (SSSR count). The van der Waals surface area contributed by atoms with Crippen LogP contribution in [0.2, 0.25) is 0 Å². The Hall–Kier alpha value is -4.34. The van der Waals surface area contributed by atoms with Crippen LogP contribution in [0.25, 0.3) is 22.0 Å². The van der Waals surface area contributed by atoms with E-state index in [-0.39, 0.29) is 45.5 Å². The van der Waals surface area contributed by atoms with E-state index in [1.807, 2.05) is 4.72 Å². The Bertz CT molecular complexity index is 1890. The molecule has 1 amide bonds. The van der Waals surface area contributed by atoms with Gasteiger partial charge in [-0.2, -0.15) is 4.98 Å². The number of amides is 1. The number of ether oxygens (including phenoxy) is 2. The smallest absolute Gasteiger partial charge is 0.319 e. The number of benzene rings is 2. The minimum Gasteiger partial charge on any atom is -0.480 e. The van der Waals surface area contributed by atoms with Crippen LogP contribution in [-0.4, -0.2) is 58.0 Å². The van der Waals surface area contributed by atoms with Gasteiger partial charge in [-0.1, -0.05) is 25.1 Å². The number of nitrogens with zero attached hydrogens (tertiary/aromatic N) is 3. The van der Waals surface area contributed by atoms with Crippen molar-refractivity contribution in [3.05, 3.63) is 54.9 Å². The lowest BCUT2D eigenvalue weighted by Gasteiger charge is -2.17. The van der Waals surface area contributed by atoms with Crippen LogP contribution in [0.3, 0.4) is 0 Å². The zero-order valence-corrected chi connectivity index (χ0v) is 24.5. The van der Waals surface area contributed by atoms with Crippen LogP contribution in [0.5, 0.6) is 11.9 Å². The van der Waals surface area contributed by atoms with Crippen molar-refractivity contribution in [3.63, 3.8) is 0 Å². The number of anilines is 2. The van der Waals surface area contributed by atoms with E-state index in [1.165, 1.54) is 45.5 Å². The maximum absolute atomic E-state index is 13.4. The van der Waals surface area contributed by atoms with Crippen LogP contribution in [0.15, 0.2) is 64.6 Å². The molecule has 220 valence electrons. The molecule has 0 radical (unpaired) electrons. The lowest BCUT2D eigenvalue weighted by Crippen LogP contribution is -2.29. The molecule has 0 aliphatic heterocycles. The minimum absolute atomic E-state index is 0.00803. The zero-order valence-electron chi connectivity index (χ0n) is 22.9. The Balaban J connectivity index is 1.61. The van der Waals surface area contributed by atoms with E-state index in [0.717, 1.165) is 12.8 Å². The van der Waals surface area contributed by atoms with E-state index < -0.39 is 26.0 Å². The molecule has 0 bridgehead atoms. The third-order valence-corrected chi connectivity index (χ3v) is 9.33. The summed E-state index contributed by atoms with van der Waals surface area (Å²) in [7, 11) is -5.21. The molecule has 13 nitrogen and oxygen atoms in total. The number of aromatic nitrogens is 3. The largest absolute Gasteiger partial charge is 0.480 e. The molecule has 0 atom stereocenters. The number of carbonyl (C=O) groups excluding carboxylic acids is 1. The molecule has 2 aromatic heterocycles. The average molecular weight is 613 g/mol. The third-order valence-electron chi connectivity index (χ3n) is 6.42. The number of rotatable bonds is 11. The van der Waals surface area contributed by atoms with Crippen LogP contribution in [0.1, 0.15) is 26.2 Å². The van der Waals surface area contributed by atoms with Crippen LogP contribution < -0.4 is 24.2 Å². The summed E-state index contributed by atoms with van der Waals surface area (Å²) in [6.07, 6.45) is 4.27. The first-order valence-electron chi connectivity index (χ1n) is 12.9. The van der Waals surface area contributed by atoms with E-state index in [9.17, 15) is 21.6 Å². The van der Waals surface area contributed by atoms with Crippen molar-refractivity contribution >= 4 is 48.2 Å². The highest BCUT2D eigenvalue weighted by Crippen LogP contribution is 2.37. The van der Waals surface area contributed by atoms with Gasteiger partial charge in [0.1, 0.15) is 4.90 Å². The number of methoxy groups -OCH3 is 2. The summed E-state index contributed by atoms with van der Waals surface area (Å²) in [5.41, 5.74) is 2.15. The molecule has 2 heterocycles. The van der Waals surface area contributed by atoms with Crippen molar-refractivity contribution < 1.29 is 31.1 Å². The van der Waals surface area contributed by atoms with Crippen molar-refractivity contribution in [2.24, 2.45) is 0 Å². The first-order chi connectivity index (χ1) is 20.0. The fourth-order valence-corrected chi connectivity index (χ4v) is 6.65. The van der Waals surface area contributed by atoms with Gasteiger partial charge in [-0.05, 0) is 42.7 Å². The highest BCUT2D eigenvalue weighted by Gasteiger charge is 2.31. The molecule has 42 heavy (non-hydrogen) atoms. The van der Waals surface area contributed by atoms with Crippen LogP contribution in [0, 0.1) is 0 Å². The monoisotopic (exact) mass is 612 g/mol. The molecule has 1 fully saturated rings. The number of pyridine rings is 1. The van der Waals surface area contributed by atoms with E-state index in [2.05, 4.69) is 25.0 Å². The second kappa shape index (κ2) is 11.5. The molecule has 15 heteroatoms. The summed E-state index contributed by atoms with van der Waals surface area (Å²) < 4.78 is 67.4. The zero-order chi connectivity index (χ0) is 30.1. The predicted molar refractivity (Wildman–Crippen MR) is 155 cm³/mol. The van der Waals surface area contributed by atoms with Crippen molar-refractivity contribution in [3.8, 4) is 23.0 Å². The fraction of sp³-hybridized carbons (Fsp3) is 0.259. The second-order valence-corrected chi connectivity index (χ2v) is 12.8. The van der Waals surface area contributed by atoms with Gasteiger partial charge in [-0.15, -0.1) is 0 Å². The van der Waals surface area contributed by atoms with Gasteiger partial charge in [0.25, 0.3) is 10.0 Å². The molecule has 4 aromatic rings. The van der Waals surface area contributed by atoms with E-state index in [4.69, 9.17) is 9.47 Å². The summed E-state index contributed by atoms with van der Waals surface area (Å²) in [5.74, 6) is -0.372. The van der Waals surface area contributed by atoms with Gasteiger partial charge in [-0.3, -0.25) is 9.78 Å². The topological polar surface area (TPSA) is 179 Å². The Morgan fingerprint density at radius 3 is 2.45 bits per heavy atom. The third kappa shape index (κ3) is 6.12. The van der Waals surface area contributed by atoms with Gasteiger partial charge in [-0.25, -0.2) is 31.3 Å². The molecule has 1 aliphatic rings. The second-order valence-electron chi connectivity index (χ2n) is 9.44. The fourth-order valence-electron chi connectivity index (χ4n) is 4.13. The van der Waals surface area contributed by atoms with Gasteiger partial charge < -0.3 is 14.8 Å². The van der Waals surface area contributed by atoms with Crippen LogP contribution >= 0.6 is 0 Å². The molecular formula is C27H28N6O7S2. The minimum atomic E-state index is -4.14. The lowest BCUT2D eigenvalue weighted by molar-refractivity contribution is -0.119. The summed E-state index contributed by atoms with van der Waals surface area (Å²) >= 11 is 0. The van der Waals surface area contributed by atoms with E-state index in [0.29, 0.717) is 22.0 Å². The normalized spacial score (nSPS) is 13.5. The Kier molecular flexibility index (Phi) is 7.99. The predicted octanol–water partition coefficient (Wildman–Crippen LogP) is 3.11. The van der Waals surface area contributed by atoms with Crippen molar-refractivity contribution in [1.82, 2.24) is 24.4 Å². The van der Waals surface area contributed by atoms with Gasteiger partial charge in [0.15, 0.2) is 0 Å². The summed E-state index contributed by atoms with van der Waals surface area (Å²) in [6, 6.07) is 10.9. The van der Waals surface area contributed by atoms with Gasteiger partial charge in [0, 0.05) is 35.9 Å². The van der Waals surface area contributed by atoms with Gasteiger partial charge >= 0.3 is 6.01 Å². The molecular weight excluding hydrogens is 584 g/mol. The number of fused-ring (bicyclic) bond motifs is 1. The molecule has 1 aliphatic carbocycles. The standard InChI is InChI=1S/C27H28N6O7S2/c1-4-24(34)33-41(35,36)19-7-5-6-18(13-19)30-25-20-11-8-16(21-14-29-27(40-3)31-26(21)39-2)12-22(20)28-15-23(25)42(37,38)32-17-9-10-17/h5-8,11-15,17,32H,4,9-10H2,1-3H3,(H,28,30)(H,33,34).